The second-order valence-corrected chi connectivity index (χ2v) is 15.1. The molecule has 4 aromatic carbocycles. The van der Waals surface area contributed by atoms with E-state index in [1.165, 1.54) is 6.07 Å². The number of fused-ring (bicyclic) bond motifs is 2. The third-order valence-electron chi connectivity index (χ3n) is 11.2. The maximum Gasteiger partial charge on any atom is 0.387 e. The lowest BCUT2D eigenvalue weighted by atomic mass is 9.91. The van der Waals surface area contributed by atoms with Gasteiger partial charge in [0.25, 0.3) is 0 Å². The van der Waals surface area contributed by atoms with Crippen LogP contribution in [0.5, 0.6) is 5.75 Å². The molecule has 0 spiro atoms. The smallest absolute Gasteiger partial charge is 0.387 e. The molecule has 2 aliphatic heterocycles. The molecule has 2 fully saturated rings. The van der Waals surface area contributed by atoms with Crippen LogP contribution in [0.3, 0.4) is 0 Å². The van der Waals surface area contributed by atoms with E-state index in [4.69, 9.17) is 23.5 Å². The van der Waals surface area contributed by atoms with Gasteiger partial charge in [0.1, 0.15) is 34.6 Å². The SMILES string of the molecule is Cc1c(-c2nc3cc(CN4CCC[C@H]4C(=O)O)c(OC(F)F)cc3o2)cccc1-c1cccc(-c2nc3cc(CN4CCC(C)(F)CC4)cc(C#N)c3o2)c1C. The summed E-state index contributed by atoms with van der Waals surface area (Å²) >= 11 is 0. The lowest BCUT2D eigenvalue weighted by Crippen LogP contribution is -2.39. The van der Waals surface area contributed by atoms with Crippen LogP contribution in [0.2, 0.25) is 0 Å². The fourth-order valence-electron chi connectivity index (χ4n) is 8.09. The van der Waals surface area contributed by atoms with E-state index in [2.05, 4.69) is 11.0 Å². The number of nitriles is 1. The number of rotatable bonds is 10. The van der Waals surface area contributed by atoms with Gasteiger partial charge in [-0.25, -0.2) is 14.4 Å². The normalized spacial score (nSPS) is 17.6. The summed E-state index contributed by atoms with van der Waals surface area (Å²) in [6.07, 6.45) is 2.12. The number of hydrogen-bond donors (Lipinski definition) is 1. The molecule has 2 aliphatic rings. The van der Waals surface area contributed by atoms with Crippen molar-refractivity contribution in [3.63, 3.8) is 0 Å². The zero-order valence-corrected chi connectivity index (χ0v) is 31.2. The summed E-state index contributed by atoms with van der Waals surface area (Å²) in [5.74, 6) is -0.365. The molecule has 4 heterocycles. The van der Waals surface area contributed by atoms with E-state index < -0.39 is 24.3 Å². The maximum absolute atomic E-state index is 14.4. The van der Waals surface area contributed by atoms with Crippen LogP contribution in [0.4, 0.5) is 13.2 Å². The first-order chi connectivity index (χ1) is 26.9. The Morgan fingerprint density at radius 1 is 0.946 bits per heavy atom. The number of halogens is 3. The third kappa shape index (κ3) is 7.22. The first-order valence-electron chi connectivity index (χ1n) is 18.7. The molecule has 0 unspecified atom stereocenters. The van der Waals surface area contributed by atoms with Gasteiger partial charge in [0.15, 0.2) is 11.2 Å². The molecule has 6 aromatic rings. The van der Waals surface area contributed by atoms with Crippen molar-refractivity contribution in [3.05, 3.63) is 88.5 Å². The van der Waals surface area contributed by atoms with Gasteiger partial charge in [-0.05, 0) is 111 Å². The van der Waals surface area contributed by atoms with Crippen molar-refractivity contribution in [1.82, 2.24) is 19.8 Å². The quantitative estimate of drug-likeness (QED) is 0.144. The minimum absolute atomic E-state index is 0.0887. The average molecular weight is 764 g/mol. The second-order valence-electron chi connectivity index (χ2n) is 15.1. The molecule has 10 nitrogen and oxygen atoms in total. The number of carboxylic acid groups (broad SMARTS) is 1. The van der Waals surface area contributed by atoms with E-state index in [1.807, 2.05) is 62.4 Å². The number of ether oxygens (including phenoxy) is 1. The molecular formula is C43H40F3N5O5. The van der Waals surface area contributed by atoms with Crippen molar-refractivity contribution in [2.24, 2.45) is 0 Å². The Bertz CT molecular complexity index is 2510. The molecule has 0 saturated carbocycles. The number of hydrogen-bond acceptors (Lipinski definition) is 9. The predicted octanol–water partition coefficient (Wildman–Crippen LogP) is 9.43. The fraction of sp³-hybridized carbons (Fsp3) is 0.349. The zero-order chi connectivity index (χ0) is 39.3. The Balaban J connectivity index is 1.11. The van der Waals surface area contributed by atoms with Crippen LogP contribution in [0.25, 0.3) is 56.2 Å². The van der Waals surface area contributed by atoms with Gasteiger partial charge in [0.2, 0.25) is 11.8 Å². The Morgan fingerprint density at radius 3 is 2.23 bits per heavy atom. The number of carboxylic acids is 1. The molecule has 2 saturated heterocycles. The van der Waals surface area contributed by atoms with Gasteiger partial charge in [-0.1, -0.05) is 24.3 Å². The van der Waals surface area contributed by atoms with Crippen LogP contribution in [-0.2, 0) is 17.9 Å². The highest BCUT2D eigenvalue weighted by molar-refractivity contribution is 5.86. The van der Waals surface area contributed by atoms with E-state index in [-0.39, 0.29) is 17.9 Å². The Labute approximate surface area is 321 Å². The van der Waals surface area contributed by atoms with Crippen molar-refractivity contribution >= 4 is 28.2 Å². The topological polar surface area (TPSA) is 129 Å². The molecule has 0 radical (unpaired) electrons. The Kier molecular flexibility index (Phi) is 9.80. The predicted molar refractivity (Wildman–Crippen MR) is 204 cm³/mol. The summed E-state index contributed by atoms with van der Waals surface area (Å²) < 4.78 is 58.7. The zero-order valence-electron chi connectivity index (χ0n) is 31.2. The molecule has 288 valence electrons. The number of nitrogens with zero attached hydrogens (tertiary/aromatic N) is 5. The number of benzene rings is 4. The molecule has 56 heavy (non-hydrogen) atoms. The van der Waals surface area contributed by atoms with E-state index in [0.717, 1.165) is 33.4 Å². The number of oxazole rings is 2. The first kappa shape index (κ1) is 37.2. The minimum atomic E-state index is -3.08. The molecule has 0 aliphatic carbocycles. The number of piperidine rings is 1. The van der Waals surface area contributed by atoms with Crippen LogP contribution >= 0.6 is 0 Å². The lowest BCUT2D eigenvalue weighted by Gasteiger charge is -2.34. The van der Waals surface area contributed by atoms with Crippen LogP contribution in [0, 0.1) is 25.2 Å². The van der Waals surface area contributed by atoms with Crippen LogP contribution in [0.1, 0.15) is 60.4 Å². The first-order valence-corrected chi connectivity index (χ1v) is 18.7. The summed E-state index contributed by atoms with van der Waals surface area (Å²) in [6, 6.07) is 19.9. The number of aliphatic carboxylic acids is 1. The fourth-order valence-corrected chi connectivity index (χ4v) is 8.09. The van der Waals surface area contributed by atoms with Crippen LogP contribution in [-0.4, -0.2) is 68.8 Å². The maximum atomic E-state index is 14.4. The van der Waals surface area contributed by atoms with E-state index in [0.29, 0.717) is 97.0 Å². The molecule has 13 heteroatoms. The molecule has 8 rings (SSSR count). The van der Waals surface area contributed by atoms with Crippen molar-refractivity contribution in [2.75, 3.05) is 19.6 Å². The molecule has 2 aromatic heterocycles. The Hall–Kier alpha value is -5.71. The summed E-state index contributed by atoms with van der Waals surface area (Å²) in [6.45, 7) is 5.02. The Morgan fingerprint density at radius 2 is 1.59 bits per heavy atom. The standard InChI is InChI=1S/C43H40F3N5O5/c1-24-29(7-4-9-31(24)39-48-33-19-28(23-51-14-6-11-35(51)41(52)53)36(55-42(44)45)20-37(33)54-39)30-8-5-10-32(25(30)2)40-49-34-18-26(17-27(21-47)38(34)56-40)22-50-15-12-43(3,46)13-16-50/h4-5,7-10,17-20,35,42H,6,11-16,22-23H2,1-3H3,(H,52,53)/t35-/m0/s1. The monoisotopic (exact) mass is 763 g/mol. The van der Waals surface area contributed by atoms with Crippen molar-refractivity contribution in [1.29, 1.82) is 5.26 Å². The van der Waals surface area contributed by atoms with Gasteiger partial charge in [0, 0.05) is 48.9 Å². The number of aromatic nitrogens is 2. The van der Waals surface area contributed by atoms with E-state index >= 15 is 0 Å². The van der Waals surface area contributed by atoms with Gasteiger partial charge in [-0.3, -0.25) is 14.6 Å². The average Bonchev–Trinajstić information content (AvgIpc) is 3.91. The molecule has 0 amide bonds. The molecule has 1 atom stereocenters. The summed E-state index contributed by atoms with van der Waals surface area (Å²) in [4.78, 5) is 25.3. The number of likely N-dealkylation sites (tertiary alicyclic amines) is 2. The van der Waals surface area contributed by atoms with Crippen molar-refractivity contribution in [2.45, 2.75) is 77.9 Å². The molecule has 0 bridgehead atoms. The van der Waals surface area contributed by atoms with E-state index in [9.17, 15) is 28.3 Å². The highest BCUT2D eigenvalue weighted by Crippen LogP contribution is 2.39. The summed E-state index contributed by atoms with van der Waals surface area (Å²) in [5.41, 5.74) is 7.28. The van der Waals surface area contributed by atoms with Gasteiger partial charge in [0.05, 0.1) is 5.56 Å². The lowest BCUT2D eigenvalue weighted by molar-refractivity contribution is -0.142. The van der Waals surface area contributed by atoms with Crippen LogP contribution < -0.4 is 4.74 Å². The van der Waals surface area contributed by atoms with Crippen LogP contribution in [0.15, 0.2) is 69.5 Å². The van der Waals surface area contributed by atoms with Gasteiger partial charge in [-0.15, -0.1) is 0 Å². The van der Waals surface area contributed by atoms with E-state index in [1.54, 1.807) is 17.9 Å². The largest absolute Gasteiger partial charge is 0.480 e. The third-order valence-corrected chi connectivity index (χ3v) is 11.2. The van der Waals surface area contributed by atoms with Gasteiger partial charge in [-0.2, -0.15) is 14.0 Å². The van der Waals surface area contributed by atoms with Gasteiger partial charge >= 0.3 is 12.6 Å². The summed E-state index contributed by atoms with van der Waals surface area (Å²) in [7, 11) is 0. The second kappa shape index (κ2) is 14.7. The van der Waals surface area contributed by atoms with Crippen molar-refractivity contribution in [3.8, 4) is 45.9 Å². The molecule has 1 N–H and O–H groups in total. The number of alkyl halides is 3. The molecular weight excluding hydrogens is 723 g/mol. The highest BCUT2D eigenvalue weighted by atomic mass is 19.3. The van der Waals surface area contributed by atoms with Crippen molar-refractivity contribution < 1.29 is 36.6 Å². The number of carbonyl (C=O) groups is 1. The summed E-state index contributed by atoms with van der Waals surface area (Å²) in [5, 5.41) is 19.7. The highest BCUT2D eigenvalue weighted by Gasteiger charge is 2.32. The van der Waals surface area contributed by atoms with Gasteiger partial charge < -0.3 is 18.7 Å². The minimum Gasteiger partial charge on any atom is -0.480 e.